The van der Waals surface area contributed by atoms with E-state index in [1.54, 1.807) is 23.1 Å². The van der Waals surface area contributed by atoms with Crippen molar-refractivity contribution < 1.29 is 4.79 Å². The first-order valence-electron chi connectivity index (χ1n) is 8.22. The molecule has 6 heteroatoms. The SMILES string of the molecule is CCSc1cccc(C(=O)Nc2sccc2-c2nc3ccccc3s2)c1. The molecule has 0 spiro atoms. The van der Waals surface area contributed by atoms with E-state index in [2.05, 4.69) is 18.3 Å². The number of carbonyl (C=O) groups excluding carboxylic acids is 1. The van der Waals surface area contributed by atoms with E-state index in [1.165, 1.54) is 11.3 Å². The summed E-state index contributed by atoms with van der Waals surface area (Å²) in [4.78, 5) is 18.5. The molecular formula is C20H16N2OS3. The Labute approximate surface area is 164 Å². The van der Waals surface area contributed by atoms with E-state index in [9.17, 15) is 4.79 Å². The number of para-hydroxylation sites is 1. The van der Waals surface area contributed by atoms with Gasteiger partial charge in [0.15, 0.2) is 0 Å². The summed E-state index contributed by atoms with van der Waals surface area (Å²) in [6.07, 6.45) is 0. The molecule has 0 aliphatic rings. The number of benzene rings is 2. The number of fused-ring (bicyclic) bond motifs is 1. The van der Waals surface area contributed by atoms with Gasteiger partial charge in [0.2, 0.25) is 0 Å². The zero-order chi connectivity index (χ0) is 17.9. The second kappa shape index (κ2) is 7.61. The zero-order valence-electron chi connectivity index (χ0n) is 14.1. The van der Waals surface area contributed by atoms with Crippen molar-refractivity contribution in [1.29, 1.82) is 0 Å². The number of hydrogen-bond acceptors (Lipinski definition) is 5. The minimum atomic E-state index is -0.0895. The van der Waals surface area contributed by atoms with Gasteiger partial charge in [-0.05, 0) is 47.5 Å². The Morgan fingerprint density at radius 2 is 2.04 bits per heavy atom. The molecule has 0 unspecified atom stereocenters. The number of amides is 1. The van der Waals surface area contributed by atoms with Crippen molar-refractivity contribution in [1.82, 2.24) is 4.98 Å². The van der Waals surface area contributed by atoms with Crippen molar-refractivity contribution in [2.45, 2.75) is 11.8 Å². The largest absolute Gasteiger partial charge is 0.313 e. The fraction of sp³-hybridized carbons (Fsp3) is 0.100. The summed E-state index contributed by atoms with van der Waals surface area (Å²) >= 11 is 4.89. The van der Waals surface area contributed by atoms with Crippen LogP contribution in [0.15, 0.2) is 64.9 Å². The number of thioether (sulfide) groups is 1. The van der Waals surface area contributed by atoms with E-state index in [1.807, 2.05) is 53.9 Å². The topological polar surface area (TPSA) is 42.0 Å². The molecule has 0 saturated heterocycles. The number of thiophene rings is 1. The number of rotatable bonds is 5. The summed E-state index contributed by atoms with van der Waals surface area (Å²) in [5, 5.41) is 6.81. The lowest BCUT2D eigenvalue weighted by Gasteiger charge is -2.06. The standard InChI is InChI=1S/C20H16N2OS3/c1-2-24-14-7-5-6-13(12-14)18(23)22-19-15(10-11-25-19)20-21-16-8-3-4-9-17(16)26-20/h3-12H,2H2,1H3,(H,22,23). The van der Waals surface area contributed by atoms with E-state index >= 15 is 0 Å². The zero-order valence-corrected chi connectivity index (χ0v) is 16.5. The Kier molecular flexibility index (Phi) is 5.06. The van der Waals surface area contributed by atoms with Gasteiger partial charge in [-0.3, -0.25) is 4.79 Å². The summed E-state index contributed by atoms with van der Waals surface area (Å²) in [5.41, 5.74) is 2.64. The highest BCUT2D eigenvalue weighted by molar-refractivity contribution is 7.99. The molecule has 1 amide bonds. The number of aromatic nitrogens is 1. The van der Waals surface area contributed by atoms with Gasteiger partial charge in [0.25, 0.3) is 5.91 Å². The van der Waals surface area contributed by atoms with Crippen LogP contribution in [0.4, 0.5) is 5.00 Å². The molecule has 0 fully saturated rings. The first-order chi connectivity index (χ1) is 12.7. The van der Waals surface area contributed by atoms with Crippen LogP contribution in [0, 0.1) is 0 Å². The summed E-state index contributed by atoms with van der Waals surface area (Å²) < 4.78 is 1.15. The molecule has 0 saturated carbocycles. The molecule has 0 atom stereocenters. The number of thiazole rings is 1. The van der Waals surface area contributed by atoms with Crippen LogP contribution in [0.5, 0.6) is 0 Å². The molecule has 26 heavy (non-hydrogen) atoms. The van der Waals surface area contributed by atoms with Gasteiger partial charge in [-0.25, -0.2) is 4.98 Å². The smallest absolute Gasteiger partial charge is 0.256 e. The lowest BCUT2D eigenvalue weighted by Crippen LogP contribution is -2.11. The molecule has 4 aromatic rings. The maximum Gasteiger partial charge on any atom is 0.256 e. The fourth-order valence-corrected chi connectivity index (χ4v) is 5.19. The van der Waals surface area contributed by atoms with E-state index in [-0.39, 0.29) is 5.91 Å². The summed E-state index contributed by atoms with van der Waals surface area (Å²) in [5.74, 6) is 0.894. The summed E-state index contributed by atoms with van der Waals surface area (Å²) in [7, 11) is 0. The van der Waals surface area contributed by atoms with Crippen molar-refractivity contribution in [3.8, 4) is 10.6 Å². The third-order valence-electron chi connectivity index (χ3n) is 3.82. The van der Waals surface area contributed by atoms with Gasteiger partial charge in [0.05, 0.1) is 10.2 Å². The van der Waals surface area contributed by atoms with Gasteiger partial charge in [-0.2, -0.15) is 0 Å². The molecule has 0 bridgehead atoms. The molecule has 2 aromatic carbocycles. The van der Waals surface area contributed by atoms with Crippen molar-refractivity contribution in [3.63, 3.8) is 0 Å². The van der Waals surface area contributed by atoms with Crippen LogP contribution < -0.4 is 5.32 Å². The van der Waals surface area contributed by atoms with Gasteiger partial charge in [0.1, 0.15) is 10.0 Å². The van der Waals surface area contributed by atoms with Crippen molar-refractivity contribution in [2.75, 3.05) is 11.1 Å². The van der Waals surface area contributed by atoms with Gasteiger partial charge in [-0.1, -0.05) is 25.1 Å². The third kappa shape index (κ3) is 3.53. The van der Waals surface area contributed by atoms with Gasteiger partial charge in [-0.15, -0.1) is 34.4 Å². The van der Waals surface area contributed by atoms with Crippen molar-refractivity contribution >= 4 is 55.6 Å². The highest BCUT2D eigenvalue weighted by Gasteiger charge is 2.15. The van der Waals surface area contributed by atoms with Gasteiger partial charge < -0.3 is 5.32 Å². The monoisotopic (exact) mass is 396 g/mol. The minimum Gasteiger partial charge on any atom is -0.313 e. The average Bonchev–Trinajstić information content (AvgIpc) is 3.28. The van der Waals surface area contributed by atoms with E-state index in [4.69, 9.17) is 4.98 Å². The molecule has 4 rings (SSSR count). The molecule has 1 N–H and O–H groups in total. The fourth-order valence-electron chi connectivity index (χ4n) is 2.63. The molecule has 0 aliphatic heterocycles. The number of hydrogen-bond donors (Lipinski definition) is 1. The Hall–Kier alpha value is -2.15. The van der Waals surface area contributed by atoms with Crippen LogP contribution in [-0.4, -0.2) is 16.6 Å². The number of nitrogens with zero attached hydrogens (tertiary/aromatic N) is 1. The molecule has 130 valence electrons. The third-order valence-corrected chi connectivity index (χ3v) is 6.60. The van der Waals surface area contributed by atoms with Gasteiger partial charge >= 0.3 is 0 Å². The quantitative estimate of drug-likeness (QED) is 0.397. The second-order valence-electron chi connectivity index (χ2n) is 5.57. The van der Waals surface area contributed by atoms with Crippen LogP contribution >= 0.6 is 34.4 Å². The van der Waals surface area contributed by atoms with Gasteiger partial charge in [0, 0.05) is 16.0 Å². The van der Waals surface area contributed by atoms with Crippen LogP contribution in [-0.2, 0) is 0 Å². The predicted molar refractivity (Wildman–Crippen MR) is 114 cm³/mol. The number of nitrogens with one attached hydrogen (secondary N) is 1. The maximum atomic E-state index is 12.7. The second-order valence-corrected chi connectivity index (χ2v) is 8.85. The first kappa shape index (κ1) is 17.3. The predicted octanol–water partition coefficient (Wildman–Crippen LogP) is 6.39. The average molecular weight is 397 g/mol. The number of anilines is 1. The summed E-state index contributed by atoms with van der Waals surface area (Å²) in [6.45, 7) is 2.10. The maximum absolute atomic E-state index is 12.7. The lowest BCUT2D eigenvalue weighted by atomic mass is 10.2. The van der Waals surface area contributed by atoms with Crippen LogP contribution in [0.1, 0.15) is 17.3 Å². The molecular weight excluding hydrogens is 380 g/mol. The molecule has 3 nitrogen and oxygen atoms in total. The Morgan fingerprint density at radius 3 is 2.88 bits per heavy atom. The van der Waals surface area contributed by atoms with Crippen LogP contribution in [0.3, 0.4) is 0 Å². The number of carbonyl (C=O) groups is 1. The van der Waals surface area contributed by atoms with Crippen LogP contribution in [0.25, 0.3) is 20.8 Å². The Bertz CT molecular complexity index is 1030. The normalized spacial score (nSPS) is 11.0. The summed E-state index contributed by atoms with van der Waals surface area (Å²) in [6, 6.07) is 17.8. The van der Waals surface area contributed by atoms with E-state index in [0.717, 1.165) is 36.4 Å². The first-order valence-corrected chi connectivity index (χ1v) is 10.9. The van der Waals surface area contributed by atoms with Crippen LogP contribution in [0.2, 0.25) is 0 Å². The minimum absolute atomic E-state index is 0.0895. The lowest BCUT2D eigenvalue weighted by molar-refractivity contribution is 0.102. The molecule has 2 aromatic heterocycles. The molecule has 0 radical (unpaired) electrons. The Balaban J connectivity index is 1.61. The Morgan fingerprint density at radius 1 is 1.15 bits per heavy atom. The highest BCUT2D eigenvalue weighted by atomic mass is 32.2. The van der Waals surface area contributed by atoms with E-state index in [0.29, 0.717) is 5.56 Å². The van der Waals surface area contributed by atoms with Crippen molar-refractivity contribution in [3.05, 3.63) is 65.5 Å². The molecule has 2 heterocycles. The molecule has 0 aliphatic carbocycles. The highest BCUT2D eigenvalue weighted by Crippen LogP contribution is 2.37. The van der Waals surface area contributed by atoms with Crippen molar-refractivity contribution in [2.24, 2.45) is 0 Å². The van der Waals surface area contributed by atoms with E-state index < -0.39 is 0 Å².